The van der Waals surface area contributed by atoms with Gasteiger partial charge in [0.1, 0.15) is 5.75 Å². The number of ether oxygens (including phenoxy) is 1. The average Bonchev–Trinajstić information content (AvgIpc) is 2.53. The fraction of sp³-hybridized carbons (Fsp3) is 0.250. The van der Waals surface area contributed by atoms with Crippen molar-refractivity contribution < 1.29 is 27.8 Å². The largest absolute Gasteiger partial charge is 0.439 e. The second-order valence-corrected chi connectivity index (χ2v) is 5.07. The third-order valence-corrected chi connectivity index (χ3v) is 2.96. The number of nitrogens with one attached hydrogen (secondary N) is 1. The first-order valence-electron chi connectivity index (χ1n) is 7.03. The molecule has 1 heterocycles. The van der Waals surface area contributed by atoms with Gasteiger partial charge in [0, 0.05) is 24.4 Å². The lowest BCUT2D eigenvalue weighted by Crippen LogP contribution is -2.30. The molecule has 24 heavy (non-hydrogen) atoms. The van der Waals surface area contributed by atoms with Crippen LogP contribution in [0.2, 0.25) is 0 Å². The molecule has 1 unspecified atom stereocenters. The Hall–Kier alpha value is -2.61. The van der Waals surface area contributed by atoms with Crippen molar-refractivity contribution in [2.45, 2.75) is 19.2 Å². The predicted octanol–water partition coefficient (Wildman–Crippen LogP) is 3.00. The van der Waals surface area contributed by atoms with Gasteiger partial charge in [-0.3, -0.25) is 4.79 Å². The number of amides is 1. The number of nitrogens with zero attached hydrogens (tertiary/aromatic N) is 1. The van der Waals surface area contributed by atoms with Gasteiger partial charge in [-0.05, 0) is 37.3 Å². The molecule has 1 amide bonds. The second kappa shape index (κ2) is 7.31. The maximum Gasteiger partial charge on any atom is 0.417 e. The van der Waals surface area contributed by atoms with E-state index in [0.29, 0.717) is 17.5 Å². The SMILES string of the molecule is CC(O)CNC(=O)c1ccc(Oc2ccc(C(F)(F)F)cn2)cc1. The zero-order chi connectivity index (χ0) is 17.7. The standard InChI is InChI=1S/C16H15F3N2O3/c1-10(22)8-21-15(23)11-2-5-13(6-3-11)24-14-7-4-12(9-20-14)16(17,18)19/h2-7,9-10,22H,8H2,1H3,(H,21,23). The van der Waals surface area contributed by atoms with E-state index in [2.05, 4.69) is 10.3 Å². The number of alkyl halides is 3. The number of rotatable bonds is 5. The van der Waals surface area contributed by atoms with Crippen molar-refractivity contribution in [1.29, 1.82) is 0 Å². The fourth-order valence-corrected chi connectivity index (χ4v) is 1.75. The van der Waals surface area contributed by atoms with Crippen LogP contribution in [0.3, 0.4) is 0 Å². The number of aliphatic hydroxyl groups is 1. The van der Waals surface area contributed by atoms with E-state index in [4.69, 9.17) is 9.84 Å². The summed E-state index contributed by atoms with van der Waals surface area (Å²) >= 11 is 0. The molecule has 5 nitrogen and oxygen atoms in total. The molecular weight excluding hydrogens is 325 g/mol. The van der Waals surface area contributed by atoms with Gasteiger partial charge in [0.2, 0.25) is 5.88 Å². The molecule has 0 spiro atoms. The van der Waals surface area contributed by atoms with Crippen molar-refractivity contribution in [3.05, 3.63) is 53.7 Å². The molecule has 1 atom stereocenters. The first kappa shape index (κ1) is 17.7. The first-order chi connectivity index (χ1) is 11.3. The monoisotopic (exact) mass is 340 g/mol. The van der Waals surface area contributed by atoms with Crippen molar-refractivity contribution in [2.24, 2.45) is 0 Å². The van der Waals surface area contributed by atoms with Gasteiger partial charge in [-0.1, -0.05) is 0 Å². The molecule has 0 fully saturated rings. The number of pyridine rings is 1. The Morgan fingerprint density at radius 3 is 2.42 bits per heavy atom. The normalized spacial score (nSPS) is 12.5. The van der Waals surface area contributed by atoms with Crippen LogP contribution in [0, 0.1) is 0 Å². The Bertz CT molecular complexity index is 683. The van der Waals surface area contributed by atoms with Crippen molar-refractivity contribution >= 4 is 5.91 Å². The van der Waals surface area contributed by atoms with Crippen LogP contribution < -0.4 is 10.1 Å². The zero-order valence-corrected chi connectivity index (χ0v) is 12.7. The third kappa shape index (κ3) is 4.95. The van der Waals surface area contributed by atoms with Gasteiger partial charge in [-0.15, -0.1) is 0 Å². The fourth-order valence-electron chi connectivity index (χ4n) is 1.75. The Kier molecular flexibility index (Phi) is 5.40. The van der Waals surface area contributed by atoms with E-state index < -0.39 is 17.8 Å². The van der Waals surface area contributed by atoms with Gasteiger partial charge < -0.3 is 15.2 Å². The Morgan fingerprint density at radius 1 is 1.25 bits per heavy atom. The van der Waals surface area contributed by atoms with Crippen molar-refractivity contribution in [3.8, 4) is 11.6 Å². The van der Waals surface area contributed by atoms with E-state index in [0.717, 1.165) is 12.1 Å². The number of aliphatic hydroxyl groups excluding tert-OH is 1. The second-order valence-electron chi connectivity index (χ2n) is 5.07. The van der Waals surface area contributed by atoms with Gasteiger partial charge in [-0.2, -0.15) is 13.2 Å². The molecule has 0 aliphatic rings. The molecule has 0 bridgehead atoms. The van der Waals surface area contributed by atoms with E-state index in [1.807, 2.05) is 0 Å². The van der Waals surface area contributed by atoms with E-state index >= 15 is 0 Å². The molecule has 8 heteroatoms. The van der Waals surface area contributed by atoms with Gasteiger partial charge in [0.25, 0.3) is 5.91 Å². The average molecular weight is 340 g/mol. The van der Waals surface area contributed by atoms with Crippen molar-refractivity contribution in [1.82, 2.24) is 10.3 Å². The molecule has 0 aliphatic heterocycles. The summed E-state index contributed by atoms with van der Waals surface area (Å²) in [6, 6.07) is 7.98. The van der Waals surface area contributed by atoms with Crippen LogP contribution in [0.25, 0.3) is 0 Å². The molecule has 1 aromatic carbocycles. The molecule has 128 valence electrons. The highest BCUT2D eigenvalue weighted by molar-refractivity contribution is 5.94. The lowest BCUT2D eigenvalue weighted by Gasteiger charge is -2.09. The molecule has 0 saturated heterocycles. The maximum absolute atomic E-state index is 12.4. The van der Waals surface area contributed by atoms with Crippen LogP contribution in [0.15, 0.2) is 42.6 Å². The van der Waals surface area contributed by atoms with E-state index in [1.165, 1.54) is 24.3 Å². The molecule has 0 saturated carbocycles. The maximum atomic E-state index is 12.4. The Morgan fingerprint density at radius 2 is 1.92 bits per heavy atom. The van der Waals surface area contributed by atoms with E-state index in [9.17, 15) is 18.0 Å². The van der Waals surface area contributed by atoms with Crippen LogP contribution >= 0.6 is 0 Å². The smallest absolute Gasteiger partial charge is 0.417 e. The summed E-state index contributed by atoms with van der Waals surface area (Å²) in [6.07, 6.45) is -4.41. The Labute approximate surface area is 136 Å². The first-order valence-corrected chi connectivity index (χ1v) is 7.03. The third-order valence-electron chi connectivity index (χ3n) is 2.96. The topological polar surface area (TPSA) is 71.5 Å². The van der Waals surface area contributed by atoms with Crippen LogP contribution in [0.1, 0.15) is 22.8 Å². The number of halogens is 3. The van der Waals surface area contributed by atoms with Gasteiger partial charge >= 0.3 is 6.18 Å². The number of carbonyl (C=O) groups excluding carboxylic acids is 1. The van der Waals surface area contributed by atoms with E-state index in [-0.39, 0.29) is 18.3 Å². The number of carbonyl (C=O) groups is 1. The lowest BCUT2D eigenvalue weighted by molar-refractivity contribution is -0.137. The zero-order valence-electron chi connectivity index (χ0n) is 12.7. The summed E-state index contributed by atoms with van der Waals surface area (Å²) < 4.78 is 42.7. The molecular formula is C16H15F3N2O3. The minimum atomic E-state index is -4.45. The van der Waals surface area contributed by atoms with Crippen molar-refractivity contribution in [2.75, 3.05) is 6.54 Å². The quantitative estimate of drug-likeness (QED) is 0.878. The molecule has 2 aromatic rings. The van der Waals surface area contributed by atoms with E-state index in [1.54, 1.807) is 6.92 Å². The summed E-state index contributed by atoms with van der Waals surface area (Å²) in [5.41, 5.74) is -0.497. The number of aromatic nitrogens is 1. The summed E-state index contributed by atoms with van der Waals surface area (Å²) in [5, 5.41) is 11.7. The molecule has 2 N–H and O–H groups in total. The Balaban J connectivity index is 2.00. The number of hydrogen-bond acceptors (Lipinski definition) is 4. The molecule has 2 rings (SSSR count). The molecule has 0 aliphatic carbocycles. The highest BCUT2D eigenvalue weighted by atomic mass is 19.4. The van der Waals surface area contributed by atoms with Crippen LogP contribution in [-0.2, 0) is 6.18 Å². The van der Waals surface area contributed by atoms with Crippen LogP contribution in [0.4, 0.5) is 13.2 Å². The number of benzene rings is 1. The minimum Gasteiger partial charge on any atom is -0.439 e. The van der Waals surface area contributed by atoms with Gasteiger partial charge in [-0.25, -0.2) is 4.98 Å². The van der Waals surface area contributed by atoms with Crippen molar-refractivity contribution in [3.63, 3.8) is 0 Å². The summed E-state index contributed by atoms with van der Waals surface area (Å²) in [5.74, 6) is -0.0150. The number of hydrogen-bond donors (Lipinski definition) is 2. The van der Waals surface area contributed by atoms with Gasteiger partial charge in [0.15, 0.2) is 0 Å². The summed E-state index contributed by atoms with van der Waals surface area (Å²) in [4.78, 5) is 15.4. The molecule has 1 aromatic heterocycles. The van der Waals surface area contributed by atoms with Gasteiger partial charge in [0.05, 0.1) is 11.7 Å². The minimum absolute atomic E-state index is 0.00862. The van der Waals surface area contributed by atoms with Crippen LogP contribution in [-0.4, -0.2) is 28.6 Å². The van der Waals surface area contributed by atoms with Crippen LogP contribution in [0.5, 0.6) is 11.6 Å². The lowest BCUT2D eigenvalue weighted by atomic mass is 10.2. The highest BCUT2D eigenvalue weighted by Crippen LogP contribution is 2.30. The molecule has 0 radical (unpaired) electrons. The summed E-state index contributed by atoms with van der Waals surface area (Å²) in [6.45, 7) is 1.68. The summed E-state index contributed by atoms with van der Waals surface area (Å²) in [7, 11) is 0. The predicted molar refractivity (Wildman–Crippen MR) is 79.8 cm³/mol. The highest BCUT2D eigenvalue weighted by Gasteiger charge is 2.30.